The van der Waals surface area contributed by atoms with Gasteiger partial charge in [-0.05, 0) is 5.56 Å². The Balaban J connectivity index is 1.93. The first-order valence-corrected chi connectivity index (χ1v) is 7.85. The highest BCUT2D eigenvalue weighted by atomic mass is 16.5. The fourth-order valence-corrected chi connectivity index (χ4v) is 2.70. The van der Waals surface area contributed by atoms with Crippen molar-refractivity contribution in [3.8, 4) is 0 Å². The molecule has 2 rings (SSSR count). The fourth-order valence-electron chi connectivity index (χ4n) is 2.70. The summed E-state index contributed by atoms with van der Waals surface area (Å²) in [7, 11) is 1.55. The minimum Gasteiger partial charge on any atom is -0.480 e. The van der Waals surface area contributed by atoms with Gasteiger partial charge in [-0.25, -0.2) is 4.79 Å². The van der Waals surface area contributed by atoms with E-state index in [4.69, 9.17) is 4.74 Å². The van der Waals surface area contributed by atoms with Gasteiger partial charge in [0, 0.05) is 33.0 Å². The Hall–Kier alpha value is -2.41. The second-order valence-electron chi connectivity index (χ2n) is 5.82. The normalized spacial score (nSPS) is 18.5. The van der Waals surface area contributed by atoms with Gasteiger partial charge in [0.2, 0.25) is 11.8 Å². The molecule has 2 N–H and O–H groups in total. The molecular weight excluding hydrogens is 312 g/mol. The third-order valence-electron chi connectivity index (χ3n) is 4.05. The molecule has 7 heteroatoms. The number of benzene rings is 1. The number of carbonyl (C=O) groups is 3. The summed E-state index contributed by atoms with van der Waals surface area (Å²) in [4.78, 5) is 37.2. The molecule has 24 heavy (non-hydrogen) atoms. The largest absolute Gasteiger partial charge is 0.480 e. The lowest BCUT2D eigenvalue weighted by Gasteiger charge is -2.18. The molecule has 7 nitrogen and oxygen atoms in total. The van der Waals surface area contributed by atoms with Crippen molar-refractivity contribution in [1.82, 2.24) is 10.2 Å². The predicted molar refractivity (Wildman–Crippen MR) is 86.3 cm³/mol. The van der Waals surface area contributed by atoms with E-state index in [-0.39, 0.29) is 18.7 Å². The van der Waals surface area contributed by atoms with Crippen molar-refractivity contribution in [3.05, 3.63) is 35.9 Å². The van der Waals surface area contributed by atoms with Gasteiger partial charge in [-0.2, -0.15) is 0 Å². The van der Waals surface area contributed by atoms with Gasteiger partial charge in [0.15, 0.2) is 0 Å². The quantitative estimate of drug-likeness (QED) is 0.712. The summed E-state index contributed by atoms with van der Waals surface area (Å²) in [5.74, 6) is -2.12. The number of hydrogen-bond acceptors (Lipinski definition) is 4. The van der Waals surface area contributed by atoms with Crippen molar-refractivity contribution >= 4 is 17.8 Å². The number of amides is 2. The van der Waals surface area contributed by atoms with Crippen molar-refractivity contribution in [3.63, 3.8) is 0 Å². The van der Waals surface area contributed by atoms with Crippen LogP contribution >= 0.6 is 0 Å². The zero-order valence-electron chi connectivity index (χ0n) is 13.6. The van der Waals surface area contributed by atoms with Crippen LogP contribution in [0.5, 0.6) is 0 Å². The maximum absolute atomic E-state index is 12.3. The number of aliphatic carboxylic acids is 1. The summed E-state index contributed by atoms with van der Waals surface area (Å²) < 4.78 is 4.94. The molecule has 0 aliphatic carbocycles. The van der Waals surface area contributed by atoms with Crippen LogP contribution < -0.4 is 5.32 Å². The summed E-state index contributed by atoms with van der Waals surface area (Å²) in [6.07, 6.45) is 0.309. The Morgan fingerprint density at radius 2 is 2.08 bits per heavy atom. The molecule has 1 aromatic rings. The SMILES string of the molecule is COCCN1C[C@H](C(=O)N[C@H](Cc2ccccc2)C(=O)O)CC1=O. The highest BCUT2D eigenvalue weighted by Gasteiger charge is 2.35. The average Bonchev–Trinajstić information content (AvgIpc) is 2.94. The molecule has 0 spiro atoms. The van der Waals surface area contributed by atoms with Crippen molar-refractivity contribution < 1.29 is 24.2 Å². The van der Waals surface area contributed by atoms with E-state index in [1.165, 1.54) is 0 Å². The first-order valence-electron chi connectivity index (χ1n) is 7.85. The minimum atomic E-state index is -1.09. The predicted octanol–water partition coefficient (Wildman–Crippen LogP) is 0.293. The van der Waals surface area contributed by atoms with Crippen molar-refractivity contribution in [1.29, 1.82) is 0 Å². The van der Waals surface area contributed by atoms with E-state index in [0.29, 0.717) is 19.7 Å². The Bertz CT molecular complexity index is 590. The Morgan fingerprint density at radius 1 is 1.38 bits per heavy atom. The van der Waals surface area contributed by atoms with E-state index in [0.717, 1.165) is 5.56 Å². The summed E-state index contributed by atoms with van der Waals surface area (Å²) in [6, 6.07) is 8.10. The lowest BCUT2D eigenvalue weighted by molar-refractivity contribution is -0.142. The summed E-state index contributed by atoms with van der Waals surface area (Å²) in [5, 5.41) is 11.9. The van der Waals surface area contributed by atoms with Crippen LogP contribution in [0.15, 0.2) is 30.3 Å². The average molecular weight is 334 g/mol. The number of ether oxygens (including phenoxy) is 1. The Kier molecular flexibility index (Phi) is 6.31. The maximum atomic E-state index is 12.3. The van der Waals surface area contributed by atoms with Gasteiger partial charge in [-0.15, -0.1) is 0 Å². The zero-order valence-corrected chi connectivity index (χ0v) is 13.6. The summed E-state index contributed by atoms with van der Waals surface area (Å²) in [5.41, 5.74) is 0.828. The molecule has 1 aliphatic heterocycles. The molecular formula is C17H22N2O5. The molecule has 1 heterocycles. The molecule has 0 aromatic heterocycles. The molecule has 0 unspecified atom stereocenters. The Labute approximate surface area is 140 Å². The second-order valence-corrected chi connectivity index (χ2v) is 5.82. The molecule has 130 valence electrons. The first-order chi connectivity index (χ1) is 11.5. The number of carboxylic acid groups (broad SMARTS) is 1. The van der Waals surface area contributed by atoms with Gasteiger partial charge in [0.25, 0.3) is 0 Å². The van der Waals surface area contributed by atoms with Crippen LogP contribution in [0.1, 0.15) is 12.0 Å². The first kappa shape index (κ1) is 17.9. The number of nitrogens with zero attached hydrogens (tertiary/aromatic N) is 1. The van der Waals surface area contributed by atoms with Crippen LogP contribution in [-0.2, 0) is 25.5 Å². The van der Waals surface area contributed by atoms with Gasteiger partial charge < -0.3 is 20.1 Å². The molecule has 1 aliphatic rings. The molecule has 1 saturated heterocycles. The maximum Gasteiger partial charge on any atom is 0.326 e. The molecule has 2 atom stereocenters. The number of hydrogen-bond donors (Lipinski definition) is 2. The number of methoxy groups -OCH3 is 1. The fraction of sp³-hybridized carbons (Fsp3) is 0.471. The topological polar surface area (TPSA) is 95.9 Å². The highest BCUT2D eigenvalue weighted by Crippen LogP contribution is 2.18. The smallest absolute Gasteiger partial charge is 0.326 e. The Morgan fingerprint density at radius 3 is 2.71 bits per heavy atom. The van der Waals surface area contributed by atoms with Gasteiger partial charge in [0.1, 0.15) is 6.04 Å². The van der Waals surface area contributed by atoms with E-state index in [2.05, 4.69) is 5.32 Å². The summed E-state index contributed by atoms with van der Waals surface area (Å²) in [6.45, 7) is 1.14. The van der Waals surface area contributed by atoms with E-state index in [9.17, 15) is 19.5 Å². The number of carbonyl (C=O) groups excluding carboxylic acids is 2. The van der Waals surface area contributed by atoms with Crippen molar-refractivity contribution in [2.75, 3.05) is 26.8 Å². The van der Waals surface area contributed by atoms with Gasteiger partial charge in [-0.3, -0.25) is 9.59 Å². The number of rotatable bonds is 8. The van der Waals surface area contributed by atoms with Crippen LogP contribution in [0, 0.1) is 5.92 Å². The second kappa shape index (κ2) is 8.44. The van der Waals surface area contributed by atoms with Crippen molar-refractivity contribution in [2.24, 2.45) is 5.92 Å². The third-order valence-corrected chi connectivity index (χ3v) is 4.05. The van der Waals surface area contributed by atoms with E-state index < -0.39 is 23.8 Å². The van der Waals surface area contributed by atoms with Crippen LogP contribution in [0.25, 0.3) is 0 Å². The zero-order chi connectivity index (χ0) is 17.5. The van der Waals surface area contributed by atoms with E-state index in [1.807, 2.05) is 30.3 Å². The summed E-state index contributed by atoms with van der Waals surface area (Å²) >= 11 is 0. The van der Waals surface area contributed by atoms with Gasteiger partial charge >= 0.3 is 5.97 Å². The van der Waals surface area contributed by atoms with Crippen LogP contribution in [-0.4, -0.2) is 60.6 Å². The highest BCUT2D eigenvalue weighted by molar-refractivity contribution is 5.91. The monoisotopic (exact) mass is 334 g/mol. The lowest BCUT2D eigenvalue weighted by atomic mass is 10.0. The van der Waals surface area contributed by atoms with Crippen molar-refractivity contribution in [2.45, 2.75) is 18.9 Å². The number of carboxylic acids is 1. The van der Waals surface area contributed by atoms with Gasteiger partial charge in [-0.1, -0.05) is 30.3 Å². The number of nitrogens with one attached hydrogen (secondary N) is 1. The molecule has 0 radical (unpaired) electrons. The van der Waals surface area contributed by atoms with E-state index >= 15 is 0 Å². The van der Waals surface area contributed by atoms with Crippen LogP contribution in [0.2, 0.25) is 0 Å². The number of likely N-dealkylation sites (tertiary alicyclic amines) is 1. The van der Waals surface area contributed by atoms with Crippen LogP contribution in [0.4, 0.5) is 0 Å². The van der Waals surface area contributed by atoms with Crippen LogP contribution in [0.3, 0.4) is 0 Å². The molecule has 1 aromatic carbocycles. The molecule has 2 amide bonds. The molecule has 1 fully saturated rings. The molecule has 0 saturated carbocycles. The lowest BCUT2D eigenvalue weighted by Crippen LogP contribution is -2.45. The standard InChI is InChI=1S/C17H22N2O5/c1-24-8-7-19-11-13(10-15(19)20)16(21)18-14(17(22)23)9-12-5-3-2-4-6-12/h2-6,13-14H,7-11H2,1H3,(H,18,21)(H,22,23)/t13-,14-/m1/s1. The third kappa shape index (κ3) is 4.79. The van der Waals surface area contributed by atoms with E-state index in [1.54, 1.807) is 12.0 Å². The molecule has 0 bridgehead atoms. The van der Waals surface area contributed by atoms with Gasteiger partial charge in [0.05, 0.1) is 12.5 Å². The minimum absolute atomic E-state index is 0.104.